The number of hydrogen-bond donors (Lipinski definition) is 2. The van der Waals surface area contributed by atoms with E-state index in [-0.39, 0.29) is 11.4 Å². The number of aryl methyl sites for hydroxylation is 1. The van der Waals surface area contributed by atoms with Gasteiger partial charge in [-0.25, -0.2) is 8.42 Å². The van der Waals surface area contributed by atoms with Crippen molar-refractivity contribution in [2.75, 3.05) is 13.1 Å². The third kappa shape index (κ3) is 2.53. The lowest BCUT2D eigenvalue weighted by atomic mass is 9.91. The summed E-state index contributed by atoms with van der Waals surface area (Å²) in [6.07, 6.45) is 2.46. The standard InChI is InChI=1S/C14H18N4O3S/c1-11-5-2-3-6-12(11)22(20,21)18-8-4-7-14(19,10-18)13-9-15-17-16-13/h2-3,5-6,9,19H,4,7-8,10H2,1H3,(H,15,16,17). The molecule has 0 saturated carbocycles. The average Bonchev–Trinajstić information content (AvgIpc) is 3.02. The number of piperidine rings is 1. The van der Waals surface area contributed by atoms with Crippen molar-refractivity contribution in [1.29, 1.82) is 0 Å². The van der Waals surface area contributed by atoms with Crippen LogP contribution < -0.4 is 0 Å². The number of nitrogens with one attached hydrogen (secondary N) is 1. The Kier molecular flexibility index (Phi) is 3.75. The van der Waals surface area contributed by atoms with E-state index in [0.29, 0.717) is 30.6 Å². The molecule has 2 N–H and O–H groups in total. The minimum absolute atomic E-state index is 0.0177. The summed E-state index contributed by atoms with van der Waals surface area (Å²) in [7, 11) is -3.64. The molecule has 1 aromatic heterocycles. The van der Waals surface area contributed by atoms with Crippen LogP contribution in [0.5, 0.6) is 0 Å². The van der Waals surface area contributed by atoms with Crippen molar-refractivity contribution in [3.63, 3.8) is 0 Å². The molecule has 1 fully saturated rings. The Balaban J connectivity index is 1.94. The number of aromatic nitrogens is 3. The van der Waals surface area contributed by atoms with Gasteiger partial charge in [-0.3, -0.25) is 0 Å². The van der Waals surface area contributed by atoms with E-state index in [1.807, 2.05) is 0 Å². The van der Waals surface area contributed by atoms with Crippen LogP contribution in [0.4, 0.5) is 0 Å². The molecule has 7 nitrogen and oxygen atoms in total. The molecule has 1 saturated heterocycles. The van der Waals surface area contributed by atoms with E-state index >= 15 is 0 Å². The highest BCUT2D eigenvalue weighted by Gasteiger charge is 2.41. The molecule has 1 aliphatic heterocycles. The first-order chi connectivity index (χ1) is 10.4. The van der Waals surface area contributed by atoms with Crippen molar-refractivity contribution >= 4 is 10.0 Å². The number of aliphatic hydroxyl groups is 1. The fourth-order valence-corrected chi connectivity index (χ4v) is 4.58. The summed E-state index contributed by atoms with van der Waals surface area (Å²) >= 11 is 0. The number of H-pyrrole nitrogens is 1. The Morgan fingerprint density at radius 3 is 2.82 bits per heavy atom. The van der Waals surface area contributed by atoms with Gasteiger partial charge < -0.3 is 5.11 Å². The van der Waals surface area contributed by atoms with E-state index in [9.17, 15) is 13.5 Å². The van der Waals surface area contributed by atoms with Crippen LogP contribution in [-0.2, 0) is 15.6 Å². The molecule has 2 aromatic rings. The average molecular weight is 322 g/mol. The van der Waals surface area contributed by atoms with E-state index in [1.54, 1.807) is 31.2 Å². The lowest BCUT2D eigenvalue weighted by Crippen LogP contribution is -2.48. The van der Waals surface area contributed by atoms with Gasteiger partial charge in [-0.2, -0.15) is 19.7 Å². The Labute approximate surface area is 129 Å². The van der Waals surface area contributed by atoms with Crippen LogP contribution in [-0.4, -0.2) is 46.3 Å². The van der Waals surface area contributed by atoms with Crippen molar-refractivity contribution in [3.8, 4) is 0 Å². The fraction of sp³-hybridized carbons (Fsp3) is 0.429. The maximum absolute atomic E-state index is 12.8. The van der Waals surface area contributed by atoms with Gasteiger partial charge in [0.1, 0.15) is 11.3 Å². The van der Waals surface area contributed by atoms with Gasteiger partial charge in [0.25, 0.3) is 0 Å². The fourth-order valence-electron chi connectivity index (χ4n) is 2.82. The van der Waals surface area contributed by atoms with Crippen LogP contribution in [0, 0.1) is 6.92 Å². The quantitative estimate of drug-likeness (QED) is 0.870. The molecule has 0 bridgehead atoms. The maximum atomic E-state index is 12.8. The molecule has 118 valence electrons. The van der Waals surface area contributed by atoms with E-state index in [4.69, 9.17) is 0 Å². The number of nitrogens with zero attached hydrogens (tertiary/aromatic N) is 3. The van der Waals surface area contributed by atoms with Gasteiger partial charge in [0.15, 0.2) is 0 Å². The minimum Gasteiger partial charge on any atom is -0.382 e. The third-order valence-corrected chi connectivity index (χ3v) is 6.04. The normalized spacial score (nSPS) is 23.5. The number of aromatic amines is 1. The van der Waals surface area contributed by atoms with Gasteiger partial charge in [-0.15, -0.1) is 0 Å². The first-order valence-electron chi connectivity index (χ1n) is 7.08. The Hall–Kier alpha value is -1.77. The van der Waals surface area contributed by atoms with E-state index < -0.39 is 15.6 Å². The van der Waals surface area contributed by atoms with E-state index in [1.165, 1.54) is 10.5 Å². The van der Waals surface area contributed by atoms with Crippen molar-refractivity contribution in [1.82, 2.24) is 19.7 Å². The van der Waals surface area contributed by atoms with Gasteiger partial charge in [0.2, 0.25) is 10.0 Å². The van der Waals surface area contributed by atoms with Crippen LogP contribution in [0.3, 0.4) is 0 Å². The van der Waals surface area contributed by atoms with Gasteiger partial charge in [0, 0.05) is 13.1 Å². The van der Waals surface area contributed by atoms with Crippen LogP contribution in [0.15, 0.2) is 35.4 Å². The van der Waals surface area contributed by atoms with Gasteiger partial charge in [-0.05, 0) is 31.4 Å². The van der Waals surface area contributed by atoms with Crippen molar-refractivity contribution in [2.45, 2.75) is 30.3 Å². The van der Waals surface area contributed by atoms with Crippen LogP contribution >= 0.6 is 0 Å². The lowest BCUT2D eigenvalue weighted by molar-refractivity contribution is -0.0161. The molecule has 0 spiro atoms. The van der Waals surface area contributed by atoms with E-state index in [2.05, 4.69) is 15.4 Å². The summed E-state index contributed by atoms with van der Waals surface area (Å²) in [5.74, 6) is 0. The molecule has 0 radical (unpaired) electrons. The van der Waals surface area contributed by atoms with E-state index in [0.717, 1.165) is 0 Å². The molecule has 1 aliphatic rings. The molecular weight excluding hydrogens is 304 g/mol. The second-order valence-corrected chi connectivity index (χ2v) is 7.50. The summed E-state index contributed by atoms with van der Waals surface area (Å²) < 4.78 is 27.0. The Morgan fingerprint density at radius 1 is 1.36 bits per heavy atom. The van der Waals surface area contributed by atoms with Gasteiger partial charge in [0.05, 0.1) is 11.1 Å². The molecule has 8 heteroatoms. The monoisotopic (exact) mass is 322 g/mol. The SMILES string of the molecule is Cc1ccccc1S(=O)(=O)N1CCCC(O)(c2cn[nH]n2)C1. The minimum atomic E-state index is -3.64. The molecule has 1 atom stereocenters. The highest BCUT2D eigenvalue weighted by Crippen LogP contribution is 2.33. The third-order valence-electron chi connectivity index (χ3n) is 4.04. The highest BCUT2D eigenvalue weighted by molar-refractivity contribution is 7.89. The molecular formula is C14H18N4O3S. The summed E-state index contributed by atoms with van der Waals surface area (Å²) in [6.45, 7) is 2.13. The largest absolute Gasteiger partial charge is 0.382 e. The van der Waals surface area contributed by atoms with Crippen LogP contribution in [0.2, 0.25) is 0 Å². The summed E-state index contributed by atoms with van der Waals surface area (Å²) in [5.41, 5.74) is -0.240. The molecule has 1 unspecified atom stereocenters. The number of sulfonamides is 1. The number of rotatable bonds is 3. The van der Waals surface area contributed by atoms with Crippen LogP contribution in [0.1, 0.15) is 24.1 Å². The first-order valence-corrected chi connectivity index (χ1v) is 8.52. The van der Waals surface area contributed by atoms with Gasteiger partial charge >= 0.3 is 0 Å². The summed E-state index contributed by atoms with van der Waals surface area (Å²) in [6, 6.07) is 6.86. The maximum Gasteiger partial charge on any atom is 0.243 e. The number of benzene rings is 1. The highest BCUT2D eigenvalue weighted by atomic mass is 32.2. The molecule has 3 rings (SSSR count). The first kappa shape index (κ1) is 15.1. The number of β-amino-alcohol motifs (C(OH)–C–C–N with tert-alkyl or cyclic N) is 1. The second-order valence-electron chi connectivity index (χ2n) is 5.59. The predicted octanol–water partition coefficient (Wildman–Crippen LogP) is 0.785. The predicted molar refractivity (Wildman–Crippen MR) is 79.5 cm³/mol. The molecule has 22 heavy (non-hydrogen) atoms. The van der Waals surface area contributed by atoms with Crippen molar-refractivity contribution in [3.05, 3.63) is 41.7 Å². The Morgan fingerprint density at radius 2 is 2.14 bits per heavy atom. The zero-order chi connectivity index (χ0) is 15.8. The molecule has 0 aliphatic carbocycles. The lowest BCUT2D eigenvalue weighted by Gasteiger charge is -2.37. The molecule has 2 heterocycles. The zero-order valence-corrected chi connectivity index (χ0v) is 13.0. The number of hydrogen-bond acceptors (Lipinski definition) is 5. The van der Waals surface area contributed by atoms with Crippen LogP contribution in [0.25, 0.3) is 0 Å². The summed E-state index contributed by atoms with van der Waals surface area (Å²) in [5, 5.41) is 20.8. The molecule has 1 aromatic carbocycles. The van der Waals surface area contributed by atoms with Crippen molar-refractivity contribution < 1.29 is 13.5 Å². The van der Waals surface area contributed by atoms with Crippen molar-refractivity contribution in [2.24, 2.45) is 0 Å². The molecule has 0 amide bonds. The zero-order valence-electron chi connectivity index (χ0n) is 12.2. The Bertz CT molecular complexity index is 760. The topological polar surface area (TPSA) is 99.2 Å². The van der Waals surface area contributed by atoms with Gasteiger partial charge in [-0.1, -0.05) is 18.2 Å². The second kappa shape index (κ2) is 5.45. The smallest absolute Gasteiger partial charge is 0.243 e. The summed E-state index contributed by atoms with van der Waals surface area (Å²) in [4.78, 5) is 0.277.